The molecule has 0 aliphatic rings. The lowest BCUT2D eigenvalue weighted by atomic mass is 10.3. The Kier molecular flexibility index (Phi) is 4.38. The minimum absolute atomic E-state index is 0.0534. The Morgan fingerprint density at radius 2 is 2.05 bits per heavy atom. The van der Waals surface area contributed by atoms with Crippen molar-refractivity contribution in [3.05, 3.63) is 40.5 Å². The van der Waals surface area contributed by atoms with Gasteiger partial charge in [0.15, 0.2) is 0 Å². The molecular formula is C13H14BrN3O3S. The van der Waals surface area contributed by atoms with E-state index in [1.54, 1.807) is 13.0 Å². The largest absolute Gasteiger partial charge is 0.495 e. The second kappa shape index (κ2) is 5.90. The van der Waals surface area contributed by atoms with Gasteiger partial charge >= 0.3 is 0 Å². The Balaban J connectivity index is 2.38. The number of benzene rings is 1. The summed E-state index contributed by atoms with van der Waals surface area (Å²) in [6, 6.07) is 6.03. The van der Waals surface area contributed by atoms with Crippen molar-refractivity contribution in [2.75, 3.05) is 17.6 Å². The van der Waals surface area contributed by atoms with Crippen molar-refractivity contribution in [2.45, 2.75) is 11.8 Å². The van der Waals surface area contributed by atoms with Crippen LogP contribution in [0.25, 0.3) is 0 Å². The molecule has 0 amide bonds. The molecule has 8 heteroatoms. The second-order valence-electron chi connectivity index (χ2n) is 4.33. The number of methoxy groups -OCH3 is 1. The van der Waals surface area contributed by atoms with Crippen LogP contribution in [0.15, 0.2) is 39.8 Å². The fourth-order valence-electron chi connectivity index (χ4n) is 1.69. The summed E-state index contributed by atoms with van der Waals surface area (Å²) in [5.74, 6) is 0.576. The minimum Gasteiger partial charge on any atom is -0.495 e. The Bertz CT molecular complexity index is 778. The van der Waals surface area contributed by atoms with E-state index >= 15 is 0 Å². The van der Waals surface area contributed by atoms with E-state index in [1.165, 1.54) is 31.5 Å². The summed E-state index contributed by atoms with van der Waals surface area (Å²) in [6.45, 7) is 1.76. The van der Waals surface area contributed by atoms with Gasteiger partial charge < -0.3 is 10.5 Å². The Morgan fingerprint density at radius 3 is 2.67 bits per heavy atom. The van der Waals surface area contributed by atoms with Crippen LogP contribution >= 0.6 is 15.9 Å². The van der Waals surface area contributed by atoms with Gasteiger partial charge in [-0.15, -0.1) is 0 Å². The molecule has 0 bridgehead atoms. The van der Waals surface area contributed by atoms with E-state index in [2.05, 4.69) is 25.6 Å². The number of ether oxygens (including phenoxy) is 1. The number of nitrogens with zero attached hydrogens (tertiary/aromatic N) is 1. The van der Waals surface area contributed by atoms with Crippen LogP contribution in [-0.2, 0) is 10.0 Å². The van der Waals surface area contributed by atoms with E-state index in [0.717, 1.165) is 4.47 Å². The Morgan fingerprint density at radius 1 is 1.33 bits per heavy atom. The molecule has 0 saturated carbocycles. The molecule has 0 aliphatic carbocycles. The minimum atomic E-state index is -3.76. The maximum Gasteiger partial charge on any atom is 0.263 e. The quantitative estimate of drug-likeness (QED) is 0.805. The number of aromatic nitrogens is 1. The van der Waals surface area contributed by atoms with Gasteiger partial charge in [-0.2, -0.15) is 0 Å². The van der Waals surface area contributed by atoms with Gasteiger partial charge in [-0.1, -0.05) is 0 Å². The third-order valence-electron chi connectivity index (χ3n) is 2.79. The molecular weight excluding hydrogens is 358 g/mol. The predicted octanol–water partition coefficient (Wildman–Crippen LogP) is 2.54. The number of hydrogen-bond acceptors (Lipinski definition) is 5. The highest BCUT2D eigenvalue weighted by Crippen LogP contribution is 2.26. The van der Waals surface area contributed by atoms with E-state index in [-0.39, 0.29) is 10.7 Å². The van der Waals surface area contributed by atoms with Crippen LogP contribution < -0.4 is 15.2 Å². The molecule has 3 N–H and O–H groups in total. The third kappa shape index (κ3) is 3.45. The number of rotatable bonds is 4. The summed E-state index contributed by atoms with van der Waals surface area (Å²) < 4.78 is 33.0. The van der Waals surface area contributed by atoms with Crippen LogP contribution in [0.2, 0.25) is 0 Å². The monoisotopic (exact) mass is 371 g/mol. The smallest absolute Gasteiger partial charge is 0.263 e. The molecule has 0 unspecified atom stereocenters. The van der Waals surface area contributed by atoms with Crippen LogP contribution in [0, 0.1) is 6.92 Å². The summed E-state index contributed by atoms with van der Waals surface area (Å²) in [5.41, 5.74) is 6.75. The van der Waals surface area contributed by atoms with Gasteiger partial charge in [-0.25, -0.2) is 13.4 Å². The van der Waals surface area contributed by atoms with Crippen molar-refractivity contribution in [1.82, 2.24) is 4.98 Å². The van der Waals surface area contributed by atoms with Crippen molar-refractivity contribution in [1.29, 1.82) is 0 Å². The molecule has 0 aliphatic heterocycles. The maximum atomic E-state index is 12.4. The predicted molar refractivity (Wildman–Crippen MR) is 84.9 cm³/mol. The molecule has 0 radical (unpaired) electrons. The van der Waals surface area contributed by atoms with Crippen molar-refractivity contribution in [3.8, 4) is 5.75 Å². The molecule has 0 spiro atoms. The second-order valence-corrected chi connectivity index (χ2v) is 6.93. The highest BCUT2D eigenvalue weighted by molar-refractivity contribution is 9.10. The third-order valence-corrected chi connectivity index (χ3v) is 4.56. The molecule has 0 atom stereocenters. The number of aryl methyl sites for hydroxylation is 1. The zero-order valence-corrected chi connectivity index (χ0v) is 13.8. The molecule has 1 aromatic heterocycles. The maximum absolute atomic E-state index is 12.4. The molecule has 0 fully saturated rings. The van der Waals surface area contributed by atoms with E-state index in [9.17, 15) is 8.42 Å². The number of pyridine rings is 1. The highest BCUT2D eigenvalue weighted by atomic mass is 79.9. The molecule has 112 valence electrons. The molecule has 21 heavy (non-hydrogen) atoms. The topological polar surface area (TPSA) is 94.3 Å². The number of nitrogens with one attached hydrogen (secondary N) is 1. The summed E-state index contributed by atoms with van der Waals surface area (Å²) in [4.78, 5) is 4.11. The van der Waals surface area contributed by atoms with Crippen LogP contribution in [0.4, 0.5) is 11.5 Å². The molecule has 1 heterocycles. The Labute approximate surface area is 131 Å². The van der Waals surface area contributed by atoms with Crippen LogP contribution in [0.1, 0.15) is 5.56 Å². The van der Waals surface area contributed by atoms with Crippen molar-refractivity contribution in [3.63, 3.8) is 0 Å². The van der Waals surface area contributed by atoms with Gasteiger partial charge in [0, 0.05) is 16.7 Å². The zero-order chi connectivity index (χ0) is 15.6. The molecule has 0 saturated heterocycles. The summed E-state index contributed by atoms with van der Waals surface area (Å²) in [7, 11) is -2.33. The van der Waals surface area contributed by atoms with Gasteiger partial charge in [0.05, 0.1) is 17.7 Å². The Hall–Kier alpha value is -1.80. The normalized spacial score (nSPS) is 11.2. The van der Waals surface area contributed by atoms with E-state index in [4.69, 9.17) is 10.5 Å². The lowest BCUT2D eigenvalue weighted by Gasteiger charge is -2.11. The van der Waals surface area contributed by atoms with Gasteiger partial charge in [0.1, 0.15) is 11.6 Å². The fourth-order valence-corrected chi connectivity index (χ4v) is 3.23. The summed E-state index contributed by atoms with van der Waals surface area (Å²) in [5, 5.41) is 0. The molecule has 1 aromatic carbocycles. The first-order chi connectivity index (χ1) is 9.83. The van der Waals surface area contributed by atoms with Gasteiger partial charge in [-0.3, -0.25) is 4.72 Å². The van der Waals surface area contributed by atoms with E-state index in [0.29, 0.717) is 17.0 Å². The number of sulfonamides is 1. The lowest BCUT2D eigenvalue weighted by molar-refractivity contribution is 0.415. The van der Waals surface area contributed by atoms with Crippen LogP contribution in [0.3, 0.4) is 0 Å². The first-order valence-electron chi connectivity index (χ1n) is 5.92. The lowest BCUT2D eigenvalue weighted by Crippen LogP contribution is -2.15. The number of anilines is 2. The molecule has 2 rings (SSSR count). The average molecular weight is 372 g/mol. The van der Waals surface area contributed by atoms with Crippen molar-refractivity contribution >= 4 is 37.5 Å². The molecule has 6 nitrogen and oxygen atoms in total. The number of nitrogen functional groups attached to an aromatic ring is 1. The van der Waals surface area contributed by atoms with E-state index < -0.39 is 10.0 Å². The number of halogens is 1. The van der Waals surface area contributed by atoms with Crippen LogP contribution in [-0.4, -0.2) is 20.5 Å². The van der Waals surface area contributed by atoms with Crippen molar-refractivity contribution in [2.24, 2.45) is 0 Å². The fraction of sp³-hybridized carbons (Fsp3) is 0.154. The highest BCUT2D eigenvalue weighted by Gasteiger charge is 2.17. The summed E-state index contributed by atoms with van der Waals surface area (Å²) >= 11 is 3.28. The first-order valence-corrected chi connectivity index (χ1v) is 8.19. The van der Waals surface area contributed by atoms with Gasteiger partial charge in [0.25, 0.3) is 10.0 Å². The number of hydrogen-bond donors (Lipinski definition) is 2. The van der Waals surface area contributed by atoms with Gasteiger partial charge in [0.2, 0.25) is 0 Å². The van der Waals surface area contributed by atoms with E-state index in [1.807, 2.05) is 0 Å². The number of nitrogens with two attached hydrogens (primary N) is 1. The van der Waals surface area contributed by atoms with Crippen molar-refractivity contribution < 1.29 is 13.2 Å². The SMILES string of the molecule is COc1cc(S(=O)(=O)Nc2ncc(Br)cc2C)ccc1N. The zero-order valence-electron chi connectivity index (χ0n) is 11.4. The molecule has 2 aromatic rings. The van der Waals surface area contributed by atoms with Crippen LogP contribution in [0.5, 0.6) is 5.75 Å². The summed E-state index contributed by atoms with van der Waals surface area (Å²) in [6.07, 6.45) is 1.52. The van der Waals surface area contributed by atoms with Gasteiger partial charge in [-0.05, 0) is 46.6 Å². The standard InChI is InChI=1S/C13H14BrN3O3S/c1-8-5-9(14)7-16-13(8)17-21(18,19)10-3-4-11(15)12(6-10)20-2/h3-7H,15H2,1-2H3,(H,16,17). The first kappa shape index (κ1) is 15.6. The average Bonchev–Trinajstić information content (AvgIpc) is 2.42.